The van der Waals surface area contributed by atoms with Crippen LogP contribution >= 0.6 is 0 Å². The van der Waals surface area contributed by atoms with Crippen LogP contribution in [0.4, 0.5) is 13.2 Å². The molecule has 1 N–H and O–H groups in total. The van der Waals surface area contributed by atoms with Crippen molar-refractivity contribution in [3.05, 3.63) is 28.8 Å². The normalized spacial score (nSPS) is 23.1. The molecule has 2 saturated heterocycles. The predicted molar refractivity (Wildman–Crippen MR) is 104 cm³/mol. The monoisotopic (exact) mass is 455 g/mol. The number of fused-ring (bicyclic) bond motifs is 3. The maximum absolute atomic E-state index is 14.1. The van der Waals surface area contributed by atoms with Gasteiger partial charge in [0, 0.05) is 25.8 Å². The maximum Gasteiger partial charge on any atom is 0.420 e. The van der Waals surface area contributed by atoms with E-state index in [0.29, 0.717) is 45.0 Å². The first kappa shape index (κ1) is 21.5. The fourth-order valence-electron chi connectivity index (χ4n) is 4.48. The molecule has 0 spiro atoms. The minimum atomic E-state index is -4.77. The lowest BCUT2D eigenvalue weighted by molar-refractivity contribution is -0.137. The number of halogens is 3. The molecule has 11 heteroatoms. The maximum atomic E-state index is 14.1. The number of hydrogen-bond donors (Lipinski definition) is 1. The summed E-state index contributed by atoms with van der Waals surface area (Å²) in [5, 5.41) is 6.94. The van der Waals surface area contributed by atoms with E-state index in [0.717, 1.165) is 12.8 Å². The lowest BCUT2D eigenvalue weighted by Gasteiger charge is -2.22. The summed E-state index contributed by atoms with van der Waals surface area (Å²) >= 11 is 0. The highest BCUT2D eigenvalue weighted by atomic mass is 19.4. The Labute approximate surface area is 182 Å². The van der Waals surface area contributed by atoms with Crippen molar-refractivity contribution in [2.24, 2.45) is 0 Å². The Kier molecular flexibility index (Phi) is 5.72. The highest BCUT2D eigenvalue weighted by Crippen LogP contribution is 2.46. The van der Waals surface area contributed by atoms with Crippen LogP contribution in [0.15, 0.2) is 10.6 Å². The average Bonchev–Trinajstić information content (AvgIpc) is 3.49. The van der Waals surface area contributed by atoms with E-state index in [2.05, 4.69) is 10.4 Å². The third-order valence-corrected chi connectivity index (χ3v) is 5.96. The summed E-state index contributed by atoms with van der Waals surface area (Å²) in [6.07, 6.45) is -1.07. The van der Waals surface area contributed by atoms with Gasteiger partial charge in [-0.05, 0) is 24.8 Å². The van der Waals surface area contributed by atoms with Crippen molar-refractivity contribution in [2.45, 2.75) is 50.6 Å². The highest BCUT2D eigenvalue weighted by Gasteiger charge is 2.45. The standard InChI is InChI=1S/C21H24F3N3O5/c22-21(23,24)17-16-15(32-19(17)20(28)25-8-13-2-1-5-30-13)4-3-12-9-27(26-18(12)16)10-14-11-29-6-7-31-14/h9,13-14H,1-8,10-11H2,(H,25,28)/t13-,14-/m0/s1. The van der Waals surface area contributed by atoms with Crippen molar-refractivity contribution in [1.82, 2.24) is 15.1 Å². The Morgan fingerprint density at radius 1 is 1.19 bits per heavy atom. The third kappa shape index (κ3) is 4.16. The molecular weight excluding hydrogens is 431 g/mol. The first-order chi connectivity index (χ1) is 15.4. The van der Waals surface area contributed by atoms with Gasteiger partial charge < -0.3 is 23.9 Å². The smallest absolute Gasteiger partial charge is 0.420 e. The molecule has 2 aromatic heterocycles. The molecule has 0 radical (unpaired) electrons. The van der Waals surface area contributed by atoms with E-state index in [1.54, 1.807) is 10.9 Å². The number of rotatable bonds is 5. The molecule has 1 aliphatic carbocycles. The SMILES string of the molecule is O=C(NC[C@@H]1CCCO1)c1oc2c(c1C(F)(F)F)-c1nn(C[C@H]3COCCO3)cc1CC2. The second-order valence-corrected chi connectivity index (χ2v) is 8.24. The van der Waals surface area contributed by atoms with Gasteiger partial charge in [-0.1, -0.05) is 0 Å². The lowest BCUT2D eigenvalue weighted by atomic mass is 9.93. The first-order valence-electron chi connectivity index (χ1n) is 10.8. The van der Waals surface area contributed by atoms with Gasteiger partial charge in [-0.25, -0.2) is 0 Å². The minimum Gasteiger partial charge on any atom is -0.455 e. The number of carbonyl (C=O) groups excluding carboxylic acids is 1. The topological polar surface area (TPSA) is 87.8 Å². The second-order valence-electron chi connectivity index (χ2n) is 8.24. The predicted octanol–water partition coefficient (Wildman–Crippen LogP) is 2.58. The summed E-state index contributed by atoms with van der Waals surface area (Å²) in [6.45, 7) is 2.51. The van der Waals surface area contributed by atoms with Gasteiger partial charge in [0.25, 0.3) is 5.91 Å². The van der Waals surface area contributed by atoms with Crippen LogP contribution in [-0.4, -0.2) is 60.9 Å². The number of ether oxygens (including phenoxy) is 3. The molecule has 0 unspecified atom stereocenters. The molecule has 0 bridgehead atoms. The van der Waals surface area contributed by atoms with E-state index in [-0.39, 0.29) is 42.2 Å². The van der Waals surface area contributed by atoms with Gasteiger partial charge in [0.15, 0.2) is 0 Å². The van der Waals surface area contributed by atoms with E-state index in [1.807, 2.05) is 0 Å². The molecule has 8 nitrogen and oxygen atoms in total. The third-order valence-electron chi connectivity index (χ3n) is 5.96. The Bertz CT molecular complexity index is 988. The van der Waals surface area contributed by atoms with Crippen LogP contribution in [-0.2, 0) is 39.8 Å². The van der Waals surface area contributed by atoms with Gasteiger partial charge in [0.2, 0.25) is 5.76 Å². The van der Waals surface area contributed by atoms with Crippen LogP contribution in [0.2, 0.25) is 0 Å². The zero-order chi connectivity index (χ0) is 22.3. The van der Waals surface area contributed by atoms with Crippen LogP contribution in [0.1, 0.15) is 40.3 Å². The molecule has 5 rings (SSSR count). The van der Waals surface area contributed by atoms with Crippen LogP contribution in [0.5, 0.6) is 0 Å². The van der Waals surface area contributed by atoms with Crippen molar-refractivity contribution in [3.63, 3.8) is 0 Å². The van der Waals surface area contributed by atoms with Crippen LogP contribution in [0.25, 0.3) is 11.3 Å². The van der Waals surface area contributed by atoms with E-state index in [1.165, 1.54) is 0 Å². The van der Waals surface area contributed by atoms with Crippen LogP contribution < -0.4 is 5.32 Å². The first-order valence-corrected chi connectivity index (χ1v) is 10.8. The number of nitrogens with zero attached hydrogens (tertiary/aromatic N) is 2. The number of aryl methyl sites for hydroxylation is 2. The van der Waals surface area contributed by atoms with E-state index >= 15 is 0 Å². The molecule has 32 heavy (non-hydrogen) atoms. The van der Waals surface area contributed by atoms with Gasteiger partial charge in [-0.3, -0.25) is 9.48 Å². The summed E-state index contributed by atoms with van der Waals surface area (Å²) in [4.78, 5) is 12.7. The number of hydrogen-bond acceptors (Lipinski definition) is 6. The van der Waals surface area contributed by atoms with E-state index in [4.69, 9.17) is 18.6 Å². The molecule has 2 atom stereocenters. The van der Waals surface area contributed by atoms with Gasteiger partial charge >= 0.3 is 6.18 Å². The number of amides is 1. The van der Waals surface area contributed by atoms with Crippen LogP contribution in [0.3, 0.4) is 0 Å². The zero-order valence-corrected chi connectivity index (χ0v) is 17.4. The van der Waals surface area contributed by atoms with Crippen molar-refractivity contribution in [3.8, 4) is 11.3 Å². The summed E-state index contributed by atoms with van der Waals surface area (Å²) < 4.78 is 65.8. The van der Waals surface area contributed by atoms with Crippen LogP contribution in [0, 0.1) is 0 Å². The second kappa shape index (κ2) is 8.53. The molecule has 2 aliphatic heterocycles. The molecule has 0 saturated carbocycles. The molecule has 4 heterocycles. The lowest BCUT2D eigenvalue weighted by Crippen LogP contribution is -2.32. The minimum absolute atomic E-state index is 0.134. The largest absolute Gasteiger partial charge is 0.455 e. The number of carbonyl (C=O) groups is 1. The molecule has 1 amide bonds. The van der Waals surface area contributed by atoms with E-state index < -0.39 is 23.4 Å². The van der Waals surface area contributed by atoms with Crippen molar-refractivity contribution in [2.75, 3.05) is 33.0 Å². The number of furan rings is 1. The summed E-state index contributed by atoms with van der Waals surface area (Å²) in [6, 6.07) is 0. The van der Waals surface area contributed by atoms with E-state index in [9.17, 15) is 18.0 Å². The number of aromatic nitrogens is 2. The molecule has 2 aromatic rings. The van der Waals surface area contributed by atoms with Crippen molar-refractivity contribution < 1.29 is 36.6 Å². The fraction of sp³-hybridized carbons (Fsp3) is 0.619. The number of alkyl halides is 3. The van der Waals surface area contributed by atoms with Gasteiger partial charge in [-0.15, -0.1) is 0 Å². The Balaban J connectivity index is 1.44. The van der Waals surface area contributed by atoms with Gasteiger partial charge in [0.05, 0.1) is 43.7 Å². The molecule has 174 valence electrons. The quantitative estimate of drug-likeness (QED) is 0.746. The fourth-order valence-corrected chi connectivity index (χ4v) is 4.48. The molecule has 2 fully saturated rings. The molecule has 0 aromatic carbocycles. The molecule has 3 aliphatic rings. The molecular formula is C21H24F3N3O5. The highest BCUT2D eigenvalue weighted by molar-refractivity contribution is 5.96. The average molecular weight is 455 g/mol. The Morgan fingerprint density at radius 2 is 2.03 bits per heavy atom. The van der Waals surface area contributed by atoms with Crippen molar-refractivity contribution in [1.29, 1.82) is 0 Å². The van der Waals surface area contributed by atoms with Crippen molar-refractivity contribution >= 4 is 5.91 Å². The van der Waals surface area contributed by atoms with Gasteiger partial charge in [-0.2, -0.15) is 18.3 Å². The Hall–Kier alpha value is -2.37. The summed E-state index contributed by atoms with van der Waals surface area (Å²) in [5.74, 6) is -1.47. The summed E-state index contributed by atoms with van der Waals surface area (Å²) in [7, 11) is 0. The number of nitrogens with one attached hydrogen (secondary N) is 1. The zero-order valence-electron chi connectivity index (χ0n) is 17.4. The van der Waals surface area contributed by atoms with Gasteiger partial charge in [0.1, 0.15) is 17.4 Å². The summed E-state index contributed by atoms with van der Waals surface area (Å²) in [5.41, 5.74) is -0.314. The Morgan fingerprint density at radius 3 is 2.75 bits per heavy atom.